The van der Waals surface area contributed by atoms with Gasteiger partial charge in [0.05, 0.1) is 17.4 Å². The van der Waals surface area contributed by atoms with Crippen LogP contribution in [0, 0.1) is 6.92 Å². The summed E-state index contributed by atoms with van der Waals surface area (Å²) in [5, 5.41) is 3.76. The van der Waals surface area contributed by atoms with Gasteiger partial charge in [0, 0.05) is 11.8 Å². The number of nitrogens with zero attached hydrogens (tertiary/aromatic N) is 1. The highest BCUT2D eigenvalue weighted by Gasteiger charge is 2.16. The van der Waals surface area contributed by atoms with Gasteiger partial charge in [0.2, 0.25) is 5.91 Å². The lowest BCUT2D eigenvalue weighted by Crippen LogP contribution is -2.15. The fourth-order valence-corrected chi connectivity index (χ4v) is 3.86. The quantitative estimate of drug-likeness (QED) is 0.405. The van der Waals surface area contributed by atoms with Gasteiger partial charge in [-0.15, -0.1) is 11.3 Å². The van der Waals surface area contributed by atoms with Gasteiger partial charge in [-0.2, -0.15) is 0 Å². The fraction of sp³-hybridized carbons (Fsp3) is 0.412. The summed E-state index contributed by atoms with van der Waals surface area (Å²) in [4.78, 5) is 43.0. The second-order valence-corrected chi connectivity index (χ2v) is 7.49. The molecule has 0 saturated carbocycles. The van der Waals surface area contributed by atoms with Crippen LogP contribution in [0.4, 0.5) is 5.00 Å². The van der Waals surface area contributed by atoms with Crippen molar-refractivity contribution >= 4 is 40.0 Å². The van der Waals surface area contributed by atoms with Gasteiger partial charge < -0.3 is 15.0 Å². The van der Waals surface area contributed by atoms with E-state index in [0.717, 1.165) is 30.2 Å². The lowest BCUT2D eigenvalue weighted by Gasteiger charge is -2.04. The van der Waals surface area contributed by atoms with Crippen molar-refractivity contribution in [3.8, 4) is 0 Å². The number of rotatable bonds is 8. The Kier molecular flexibility index (Phi) is 7.40. The summed E-state index contributed by atoms with van der Waals surface area (Å²) in [5.41, 5.74) is 1.25. The van der Waals surface area contributed by atoms with Crippen LogP contribution in [-0.2, 0) is 16.0 Å². The van der Waals surface area contributed by atoms with Gasteiger partial charge in [0.1, 0.15) is 4.88 Å². The molecule has 0 spiro atoms. The summed E-state index contributed by atoms with van der Waals surface area (Å²) in [5.74, 6) is -0.529. The van der Waals surface area contributed by atoms with Gasteiger partial charge in [-0.1, -0.05) is 25.1 Å². The van der Waals surface area contributed by atoms with E-state index < -0.39 is 0 Å². The maximum atomic E-state index is 12.1. The highest BCUT2D eigenvalue weighted by atomic mass is 32.2. The number of amides is 1. The van der Waals surface area contributed by atoms with Crippen molar-refractivity contribution in [1.82, 2.24) is 9.97 Å². The smallest absolute Gasteiger partial charge is 0.348 e. The van der Waals surface area contributed by atoms with Gasteiger partial charge in [-0.3, -0.25) is 9.59 Å². The summed E-state index contributed by atoms with van der Waals surface area (Å²) in [7, 11) is 0. The number of carbonyl (C=O) groups is 2. The predicted octanol–water partition coefficient (Wildman–Crippen LogP) is 3.00. The first-order valence-electron chi connectivity index (χ1n) is 8.23. The number of ether oxygens (including phenoxy) is 1. The van der Waals surface area contributed by atoms with E-state index in [9.17, 15) is 14.4 Å². The molecule has 1 amide bonds. The van der Waals surface area contributed by atoms with Gasteiger partial charge in [0.15, 0.2) is 5.16 Å². The molecule has 2 heterocycles. The third kappa shape index (κ3) is 5.70. The molecule has 7 nitrogen and oxygen atoms in total. The zero-order valence-electron chi connectivity index (χ0n) is 14.9. The van der Waals surface area contributed by atoms with Crippen LogP contribution in [0.1, 0.15) is 41.2 Å². The Morgan fingerprint density at radius 3 is 2.81 bits per heavy atom. The van der Waals surface area contributed by atoms with Crippen molar-refractivity contribution in [1.29, 1.82) is 0 Å². The predicted molar refractivity (Wildman–Crippen MR) is 103 cm³/mol. The maximum Gasteiger partial charge on any atom is 0.348 e. The number of aromatic nitrogens is 2. The minimum atomic E-state index is -0.389. The van der Waals surface area contributed by atoms with Crippen LogP contribution in [0.15, 0.2) is 22.1 Å². The largest absolute Gasteiger partial charge is 0.462 e. The molecule has 2 N–H and O–H groups in total. The fourth-order valence-electron chi connectivity index (χ4n) is 2.19. The zero-order valence-corrected chi connectivity index (χ0v) is 16.5. The van der Waals surface area contributed by atoms with E-state index in [1.54, 1.807) is 19.9 Å². The SMILES string of the molecule is CCCc1cc(=O)[nH]c(SCC(=O)Nc2cc(C)c(C(=O)OCC)s2)n1. The molecular weight excluding hydrogens is 374 g/mol. The molecule has 0 aromatic carbocycles. The lowest BCUT2D eigenvalue weighted by atomic mass is 10.2. The number of H-pyrrole nitrogens is 1. The Morgan fingerprint density at radius 1 is 1.35 bits per heavy atom. The third-order valence-electron chi connectivity index (χ3n) is 3.26. The van der Waals surface area contributed by atoms with E-state index in [1.165, 1.54) is 17.4 Å². The molecular formula is C17H21N3O4S2. The maximum absolute atomic E-state index is 12.1. The van der Waals surface area contributed by atoms with Crippen molar-refractivity contribution in [3.05, 3.63) is 38.6 Å². The molecule has 0 atom stereocenters. The number of thioether (sulfide) groups is 1. The molecule has 140 valence electrons. The summed E-state index contributed by atoms with van der Waals surface area (Å²) in [6.07, 6.45) is 1.61. The van der Waals surface area contributed by atoms with E-state index in [4.69, 9.17) is 4.74 Å². The molecule has 0 aliphatic heterocycles. The summed E-state index contributed by atoms with van der Waals surface area (Å²) >= 11 is 2.34. The first-order valence-corrected chi connectivity index (χ1v) is 10.0. The second kappa shape index (κ2) is 9.54. The molecule has 2 aromatic rings. The Hall–Kier alpha value is -2.13. The van der Waals surface area contributed by atoms with Crippen LogP contribution in [0.3, 0.4) is 0 Å². The standard InChI is InChI=1S/C17H21N3O4S2/c1-4-6-11-8-12(21)20-17(18-11)25-9-13(22)19-14-7-10(3)15(26-14)16(23)24-5-2/h7-8H,4-6,9H2,1-3H3,(H,19,22)(H,18,20,21). The van der Waals surface area contributed by atoms with Crippen LogP contribution in [0.25, 0.3) is 0 Å². The molecule has 0 radical (unpaired) electrons. The average Bonchev–Trinajstić information content (AvgIpc) is 2.93. The van der Waals surface area contributed by atoms with Crippen LogP contribution in [-0.4, -0.2) is 34.2 Å². The summed E-state index contributed by atoms with van der Waals surface area (Å²) < 4.78 is 4.99. The number of hydrogen-bond acceptors (Lipinski definition) is 7. The topological polar surface area (TPSA) is 101 Å². The molecule has 0 saturated heterocycles. The lowest BCUT2D eigenvalue weighted by molar-refractivity contribution is -0.113. The first kappa shape index (κ1) is 20.2. The van der Waals surface area contributed by atoms with E-state index >= 15 is 0 Å². The Balaban J connectivity index is 1.96. The van der Waals surface area contributed by atoms with Gasteiger partial charge >= 0.3 is 5.97 Å². The molecule has 26 heavy (non-hydrogen) atoms. The highest BCUT2D eigenvalue weighted by Crippen LogP contribution is 2.27. The molecule has 0 aliphatic rings. The molecule has 2 aromatic heterocycles. The normalized spacial score (nSPS) is 10.6. The number of nitrogens with one attached hydrogen (secondary N) is 2. The van der Waals surface area contributed by atoms with Crippen molar-refractivity contribution in [2.45, 2.75) is 38.8 Å². The highest BCUT2D eigenvalue weighted by molar-refractivity contribution is 7.99. The molecule has 2 rings (SSSR count). The minimum absolute atomic E-state index is 0.101. The number of anilines is 1. The molecule has 0 unspecified atom stereocenters. The summed E-state index contributed by atoms with van der Waals surface area (Å²) in [6, 6.07) is 3.21. The number of esters is 1. The number of aromatic amines is 1. The van der Waals surface area contributed by atoms with Gasteiger partial charge in [-0.05, 0) is 31.9 Å². The molecule has 9 heteroatoms. The minimum Gasteiger partial charge on any atom is -0.462 e. The van der Waals surface area contributed by atoms with Gasteiger partial charge in [-0.25, -0.2) is 9.78 Å². The summed E-state index contributed by atoms with van der Waals surface area (Å²) in [6.45, 7) is 5.85. The van der Waals surface area contributed by atoms with E-state index in [-0.39, 0.29) is 23.2 Å². The monoisotopic (exact) mass is 395 g/mol. The molecule has 0 fully saturated rings. The number of carbonyl (C=O) groups excluding carboxylic acids is 2. The van der Waals surface area contributed by atoms with Crippen LogP contribution in [0.5, 0.6) is 0 Å². The van der Waals surface area contributed by atoms with Crippen LogP contribution >= 0.6 is 23.1 Å². The third-order valence-corrected chi connectivity index (χ3v) is 5.27. The average molecular weight is 396 g/mol. The Labute approximate surface area is 159 Å². The number of hydrogen-bond donors (Lipinski definition) is 2. The van der Waals surface area contributed by atoms with Crippen LogP contribution < -0.4 is 10.9 Å². The second-order valence-electron chi connectivity index (χ2n) is 5.47. The van der Waals surface area contributed by atoms with Crippen molar-refractivity contribution in [3.63, 3.8) is 0 Å². The van der Waals surface area contributed by atoms with E-state index in [0.29, 0.717) is 27.3 Å². The Morgan fingerprint density at radius 2 is 2.12 bits per heavy atom. The number of aryl methyl sites for hydroxylation is 2. The van der Waals surface area contributed by atoms with E-state index in [2.05, 4.69) is 15.3 Å². The number of thiophene rings is 1. The van der Waals surface area contributed by atoms with Crippen molar-refractivity contribution in [2.24, 2.45) is 0 Å². The van der Waals surface area contributed by atoms with E-state index in [1.807, 2.05) is 6.92 Å². The molecule has 0 bridgehead atoms. The van der Waals surface area contributed by atoms with Crippen LogP contribution in [0.2, 0.25) is 0 Å². The first-order chi connectivity index (χ1) is 12.4. The Bertz CT molecular complexity index is 845. The molecule has 0 aliphatic carbocycles. The van der Waals surface area contributed by atoms with Gasteiger partial charge in [0.25, 0.3) is 5.56 Å². The van der Waals surface area contributed by atoms with Crippen molar-refractivity contribution < 1.29 is 14.3 Å². The van der Waals surface area contributed by atoms with Crippen molar-refractivity contribution in [2.75, 3.05) is 17.7 Å². The zero-order chi connectivity index (χ0) is 19.1.